The van der Waals surface area contributed by atoms with Gasteiger partial charge in [0.05, 0.1) is 0 Å². The third-order valence-electron chi connectivity index (χ3n) is 4.36. The number of anilines is 1. The summed E-state index contributed by atoms with van der Waals surface area (Å²) in [7, 11) is 1.71. The Bertz CT molecular complexity index is 671. The maximum Gasteiger partial charge on any atom is 0.237 e. The number of benzene rings is 1. The topological polar surface area (TPSA) is 57.7 Å². The first-order valence-electron chi connectivity index (χ1n) is 7.49. The molecule has 0 radical (unpaired) electrons. The van der Waals surface area contributed by atoms with Crippen LogP contribution in [0.3, 0.4) is 0 Å². The fourth-order valence-corrected chi connectivity index (χ4v) is 4.21. The van der Waals surface area contributed by atoms with E-state index in [1.807, 2.05) is 24.3 Å². The van der Waals surface area contributed by atoms with E-state index in [9.17, 15) is 13.2 Å². The molecule has 22 heavy (non-hydrogen) atoms. The van der Waals surface area contributed by atoms with Crippen molar-refractivity contribution in [3.63, 3.8) is 0 Å². The number of halogens is 1. The fourth-order valence-electron chi connectivity index (χ4n) is 3.19. The molecule has 0 spiro atoms. The van der Waals surface area contributed by atoms with Crippen LogP contribution in [-0.2, 0) is 20.4 Å². The normalized spacial score (nSPS) is 23.4. The second kappa shape index (κ2) is 6.18. The molecule has 2 fully saturated rings. The van der Waals surface area contributed by atoms with E-state index < -0.39 is 14.3 Å². The van der Waals surface area contributed by atoms with Crippen molar-refractivity contribution in [2.45, 2.75) is 31.1 Å². The Morgan fingerprint density at radius 1 is 1.18 bits per heavy atom. The molecule has 2 heterocycles. The van der Waals surface area contributed by atoms with Crippen LogP contribution in [0.2, 0.25) is 0 Å². The molecule has 0 saturated carbocycles. The van der Waals surface area contributed by atoms with Crippen molar-refractivity contribution in [2.75, 3.05) is 24.5 Å². The van der Waals surface area contributed by atoms with Gasteiger partial charge in [0.15, 0.2) is 0 Å². The van der Waals surface area contributed by atoms with Gasteiger partial charge in [-0.05, 0) is 37.6 Å². The first-order valence-corrected chi connectivity index (χ1v) is 9.86. The van der Waals surface area contributed by atoms with Crippen LogP contribution >= 0.6 is 10.7 Å². The molecule has 5 nitrogen and oxygen atoms in total. The van der Waals surface area contributed by atoms with Crippen molar-refractivity contribution >= 4 is 31.3 Å². The van der Waals surface area contributed by atoms with Crippen LogP contribution < -0.4 is 4.90 Å². The Labute approximate surface area is 135 Å². The van der Waals surface area contributed by atoms with Crippen molar-refractivity contribution in [3.8, 4) is 0 Å². The Morgan fingerprint density at radius 3 is 2.50 bits per heavy atom. The summed E-state index contributed by atoms with van der Waals surface area (Å²) in [5.41, 5.74) is 1.87. The minimum Gasteiger partial charge on any atom is -0.311 e. The van der Waals surface area contributed by atoms with E-state index in [-0.39, 0.29) is 18.9 Å². The van der Waals surface area contributed by atoms with Gasteiger partial charge in [0, 0.05) is 35.9 Å². The largest absolute Gasteiger partial charge is 0.311 e. The Hall–Kier alpha value is -1.11. The molecule has 0 aliphatic carbocycles. The molecular weight excluding hydrogens is 324 g/mol. The number of likely N-dealkylation sites (tertiary alicyclic amines) is 1. The lowest BCUT2D eigenvalue weighted by Crippen LogP contribution is -2.29. The number of carbonyl (C=O) groups is 1. The summed E-state index contributed by atoms with van der Waals surface area (Å²) < 4.78 is 23.0. The summed E-state index contributed by atoms with van der Waals surface area (Å²) in [6.07, 6.45) is 2.37. The summed E-state index contributed by atoms with van der Waals surface area (Å²) in [6, 6.07) is 7.71. The van der Waals surface area contributed by atoms with Gasteiger partial charge < -0.3 is 4.90 Å². The highest BCUT2D eigenvalue weighted by Crippen LogP contribution is 2.30. The lowest BCUT2D eigenvalue weighted by atomic mass is 10.1. The van der Waals surface area contributed by atoms with Gasteiger partial charge in [-0.25, -0.2) is 8.42 Å². The van der Waals surface area contributed by atoms with Crippen molar-refractivity contribution in [1.29, 1.82) is 0 Å². The third kappa shape index (κ3) is 3.29. The molecule has 0 aromatic heterocycles. The molecule has 2 aliphatic rings. The fraction of sp³-hybridized carbons (Fsp3) is 0.533. The highest BCUT2D eigenvalue weighted by molar-refractivity contribution is 8.14. The summed E-state index contributed by atoms with van der Waals surface area (Å²) in [5.74, 6) is -0.178. The van der Waals surface area contributed by atoms with Gasteiger partial charge in [0.2, 0.25) is 15.0 Å². The minimum absolute atomic E-state index is 0.0378. The number of amides is 1. The summed E-state index contributed by atoms with van der Waals surface area (Å²) >= 11 is 0. The van der Waals surface area contributed by atoms with E-state index in [0.717, 1.165) is 30.9 Å². The maximum atomic E-state index is 12.2. The highest BCUT2D eigenvalue weighted by Gasteiger charge is 2.38. The molecule has 1 amide bonds. The van der Waals surface area contributed by atoms with E-state index in [4.69, 9.17) is 10.7 Å². The lowest BCUT2D eigenvalue weighted by Gasteiger charge is -2.23. The van der Waals surface area contributed by atoms with Crippen LogP contribution in [0.25, 0.3) is 0 Å². The zero-order chi connectivity index (χ0) is 15.7. The molecule has 1 aromatic carbocycles. The molecule has 0 bridgehead atoms. The first kappa shape index (κ1) is 15.8. The van der Waals surface area contributed by atoms with Gasteiger partial charge in [0.1, 0.15) is 5.25 Å². The number of para-hydroxylation sites is 1. The molecule has 1 unspecified atom stereocenters. The van der Waals surface area contributed by atoms with E-state index in [1.165, 1.54) is 12.8 Å². The standard InChI is InChI=1S/C15H19ClN2O3S/c16-22(20,21)13-9-15(19)18(11-13)14-6-2-1-5-12(14)10-17-7-3-4-8-17/h1-2,5-6,13H,3-4,7-11H2. The molecule has 1 aromatic rings. The summed E-state index contributed by atoms with van der Waals surface area (Å²) in [5, 5.41) is -0.818. The predicted octanol–water partition coefficient (Wildman–Crippen LogP) is 1.96. The molecule has 1 atom stereocenters. The van der Waals surface area contributed by atoms with E-state index in [0.29, 0.717) is 0 Å². The van der Waals surface area contributed by atoms with Crippen LogP contribution in [0.1, 0.15) is 24.8 Å². The predicted molar refractivity (Wildman–Crippen MR) is 86.5 cm³/mol. The van der Waals surface area contributed by atoms with Crippen LogP contribution in [0.15, 0.2) is 24.3 Å². The van der Waals surface area contributed by atoms with E-state index in [1.54, 1.807) is 4.90 Å². The van der Waals surface area contributed by atoms with Crippen molar-refractivity contribution in [2.24, 2.45) is 0 Å². The third-order valence-corrected chi connectivity index (χ3v) is 6.23. The van der Waals surface area contributed by atoms with Crippen molar-refractivity contribution in [1.82, 2.24) is 4.90 Å². The number of rotatable bonds is 4. The summed E-state index contributed by atoms with van der Waals surface area (Å²) in [6.45, 7) is 3.07. The van der Waals surface area contributed by atoms with E-state index >= 15 is 0 Å². The van der Waals surface area contributed by atoms with Crippen LogP contribution in [0.5, 0.6) is 0 Å². The smallest absolute Gasteiger partial charge is 0.237 e. The van der Waals surface area contributed by atoms with Crippen LogP contribution in [0, 0.1) is 0 Å². The van der Waals surface area contributed by atoms with Gasteiger partial charge in [-0.3, -0.25) is 9.69 Å². The van der Waals surface area contributed by atoms with Gasteiger partial charge >= 0.3 is 0 Å². The first-order chi connectivity index (χ1) is 10.4. The maximum absolute atomic E-state index is 12.2. The van der Waals surface area contributed by atoms with E-state index in [2.05, 4.69) is 4.90 Å². The van der Waals surface area contributed by atoms with Crippen molar-refractivity contribution in [3.05, 3.63) is 29.8 Å². The average molecular weight is 343 g/mol. The quantitative estimate of drug-likeness (QED) is 0.785. The van der Waals surface area contributed by atoms with Gasteiger partial charge in [-0.15, -0.1) is 0 Å². The molecule has 0 N–H and O–H groups in total. The van der Waals surface area contributed by atoms with Gasteiger partial charge in [-0.1, -0.05) is 18.2 Å². The number of hydrogen-bond acceptors (Lipinski definition) is 4. The number of nitrogens with zero attached hydrogens (tertiary/aromatic N) is 2. The number of hydrogen-bond donors (Lipinski definition) is 0. The zero-order valence-electron chi connectivity index (χ0n) is 12.2. The molecule has 120 valence electrons. The zero-order valence-corrected chi connectivity index (χ0v) is 13.8. The summed E-state index contributed by atoms with van der Waals surface area (Å²) in [4.78, 5) is 16.1. The number of carbonyl (C=O) groups excluding carboxylic acids is 1. The minimum atomic E-state index is -3.71. The second-order valence-electron chi connectivity index (χ2n) is 5.92. The Balaban J connectivity index is 1.84. The second-order valence-corrected chi connectivity index (χ2v) is 8.83. The van der Waals surface area contributed by atoms with Gasteiger partial charge in [-0.2, -0.15) is 0 Å². The van der Waals surface area contributed by atoms with Gasteiger partial charge in [0.25, 0.3) is 0 Å². The highest BCUT2D eigenvalue weighted by atomic mass is 35.7. The van der Waals surface area contributed by atoms with Crippen molar-refractivity contribution < 1.29 is 13.2 Å². The average Bonchev–Trinajstić information content (AvgIpc) is 3.08. The molecule has 3 rings (SSSR count). The monoisotopic (exact) mass is 342 g/mol. The SMILES string of the molecule is O=C1CC(S(=O)(=O)Cl)CN1c1ccccc1CN1CCCC1. The molecule has 7 heteroatoms. The Kier molecular flexibility index (Phi) is 4.43. The molecule has 2 aliphatic heterocycles. The van der Waals surface area contributed by atoms with Crippen LogP contribution in [-0.4, -0.2) is 44.1 Å². The molecule has 2 saturated heterocycles. The molecular formula is C15H19ClN2O3S. The van der Waals surface area contributed by atoms with Crippen LogP contribution in [0.4, 0.5) is 5.69 Å². The Morgan fingerprint density at radius 2 is 1.86 bits per heavy atom. The lowest BCUT2D eigenvalue weighted by molar-refractivity contribution is -0.117.